The van der Waals surface area contributed by atoms with Crippen molar-refractivity contribution in [2.45, 2.75) is 13.2 Å². The Morgan fingerprint density at radius 1 is 0.865 bits per heavy atom. The van der Waals surface area contributed by atoms with Gasteiger partial charge in [-0.1, -0.05) is 100 Å². The third-order valence-electron chi connectivity index (χ3n) is 5.51. The van der Waals surface area contributed by atoms with E-state index in [1.54, 1.807) is 23.0 Å². The summed E-state index contributed by atoms with van der Waals surface area (Å²) >= 11 is 30.5. The van der Waals surface area contributed by atoms with Crippen molar-refractivity contribution in [3.63, 3.8) is 0 Å². The molecule has 0 atom stereocenters. The molecule has 0 bridgehead atoms. The maximum absolute atomic E-state index is 12.7. The zero-order valence-corrected chi connectivity index (χ0v) is 22.6. The van der Waals surface area contributed by atoms with Crippen LogP contribution in [0.3, 0.4) is 0 Å². The molecular formula is C26H16Cl5N3O3. The van der Waals surface area contributed by atoms with Crippen LogP contribution >= 0.6 is 58.0 Å². The molecule has 0 aliphatic rings. The second-order valence-corrected chi connectivity index (χ2v) is 9.83. The molecule has 37 heavy (non-hydrogen) atoms. The molecule has 0 spiro atoms. The van der Waals surface area contributed by atoms with Crippen molar-refractivity contribution in [2.24, 2.45) is 0 Å². The Bertz CT molecular complexity index is 1600. The number of hydrogen-bond acceptors (Lipinski definition) is 4. The summed E-state index contributed by atoms with van der Waals surface area (Å²) in [6.07, 6.45) is 1.80. The van der Waals surface area contributed by atoms with Crippen LogP contribution in [0.4, 0.5) is 5.82 Å². The SMILES string of the molecule is O=C(Nc1ccn(Cc2cccc3ccccc23)n1)c1ccc(COc2c(Cl)c(Cl)c(Cl)c(Cl)c2Cl)o1. The topological polar surface area (TPSA) is 69.3 Å². The number of hydrogen-bond donors (Lipinski definition) is 1. The van der Waals surface area contributed by atoms with Crippen LogP contribution in [0.5, 0.6) is 5.75 Å². The van der Waals surface area contributed by atoms with Crippen molar-refractivity contribution < 1.29 is 13.9 Å². The molecule has 6 nitrogen and oxygen atoms in total. The van der Waals surface area contributed by atoms with E-state index in [4.69, 9.17) is 67.2 Å². The number of carbonyl (C=O) groups excluding carboxylic acids is 1. The number of nitrogens with one attached hydrogen (secondary N) is 1. The predicted molar refractivity (Wildman–Crippen MR) is 148 cm³/mol. The molecule has 1 N–H and O–H groups in total. The van der Waals surface area contributed by atoms with Gasteiger partial charge in [-0.25, -0.2) is 0 Å². The summed E-state index contributed by atoms with van der Waals surface area (Å²) in [5.74, 6) is 0.410. The molecule has 2 heterocycles. The number of anilines is 1. The van der Waals surface area contributed by atoms with Crippen LogP contribution in [0.1, 0.15) is 21.9 Å². The summed E-state index contributed by atoms with van der Waals surface area (Å²) in [6, 6.07) is 19.1. The zero-order valence-electron chi connectivity index (χ0n) is 18.8. The number of halogens is 5. The molecule has 11 heteroatoms. The van der Waals surface area contributed by atoms with Gasteiger partial charge in [-0.15, -0.1) is 0 Å². The highest BCUT2D eigenvalue weighted by Gasteiger charge is 2.21. The van der Waals surface area contributed by atoms with Gasteiger partial charge in [-0.3, -0.25) is 9.48 Å². The van der Waals surface area contributed by atoms with Crippen molar-refractivity contribution in [1.82, 2.24) is 9.78 Å². The van der Waals surface area contributed by atoms with Gasteiger partial charge in [-0.2, -0.15) is 5.10 Å². The number of nitrogens with zero attached hydrogens (tertiary/aromatic N) is 2. The molecular weight excluding hydrogens is 580 g/mol. The molecule has 188 valence electrons. The largest absolute Gasteiger partial charge is 0.482 e. The zero-order chi connectivity index (χ0) is 26.1. The van der Waals surface area contributed by atoms with E-state index in [0.29, 0.717) is 18.1 Å². The minimum atomic E-state index is -0.463. The number of furan rings is 1. The third kappa shape index (κ3) is 5.40. The van der Waals surface area contributed by atoms with Gasteiger partial charge in [0.25, 0.3) is 5.91 Å². The molecule has 0 saturated carbocycles. The molecule has 5 aromatic rings. The van der Waals surface area contributed by atoms with Crippen LogP contribution < -0.4 is 10.1 Å². The highest BCUT2D eigenvalue weighted by Crippen LogP contribution is 2.48. The van der Waals surface area contributed by atoms with E-state index in [0.717, 1.165) is 16.3 Å². The van der Waals surface area contributed by atoms with Crippen molar-refractivity contribution in [3.05, 3.63) is 109 Å². The predicted octanol–water partition coefficient (Wildman–Crippen LogP) is 8.78. The summed E-state index contributed by atoms with van der Waals surface area (Å²) in [7, 11) is 0. The van der Waals surface area contributed by atoms with Gasteiger partial charge in [0.05, 0.1) is 21.6 Å². The number of benzene rings is 3. The molecule has 5 rings (SSSR count). The Balaban J connectivity index is 1.23. The smallest absolute Gasteiger partial charge is 0.292 e. The summed E-state index contributed by atoms with van der Waals surface area (Å²) in [6.45, 7) is 0.476. The lowest BCUT2D eigenvalue weighted by Gasteiger charge is -2.12. The average molecular weight is 596 g/mol. The van der Waals surface area contributed by atoms with Crippen molar-refractivity contribution in [2.75, 3.05) is 5.32 Å². The second-order valence-electron chi connectivity index (χ2n) is 7.94. The first-order valence-corrected chi connectivity index (χ1v) is 12.7. The first-order chi connectivity index (χ1) is 17.8. The Hall–Kier alpha value is -2.87. The van der Waals surface area contributed by atoms with Crippen LogP contribution in [0.25, 0.3) is 10.8 Å². The van der Waals surface area contributed by atoms with Gasteiger partial charge in [-0.05, 0) is 28.5 Å². The van der Waals surface area contributed by atoms with E-state index in [-0.39, 0.29) is 43.2 Å². The van der Waals surface area contributed by atoms with Gasteiger partial charge in [0, 0.05) is 12.3 Å². The van der Waals surface area contributed by atoms with E-state index in [9.17, 15) is 4.79 Å². The van der Waals surface area contributed by atoms with Crippen molar-refractivity contribution in [1.29, 1.82) is 0 Å². The number of rotatable bonds is 7. The lowest BCUT2D eigenvalue weighted by Crippen LogP contribution is -2.12. The number of amides is 1. The Morgan fingerprint density at radius 2 is 1.57 bits per heavy atom. The van der Waals surface area contributed by atoms with E-state index >= 15 is 0 Å². The fourth-order valence-corrected chi connectivity index (χ4v) is 4.96. The maximum Gasteiger partial charge on any atom is 0.292 e. The Labute approximate surface area is 236 Å². The monoisotopic (exact) mass is 593 g/mol. The minimum Gasteiger partial charge on any atom is -0.482 e. The second kappa shape index (κ2) is 10.9. The Kier molecular flexibility index (Phi) is 7.56. The molecule has 0 saturated heterocycles. The van der Waals surface area contributed by atoms with Crippen LogP contribution in [0, 0.1) is 0 Å². The van der Waals surface area contributed by atoms with Crippen molar-refractivity contribution >= 4 is 80.5 Å². The molecule has 3 aromatic carbocycles. The van der Waals surface area contributed by atoms with Gasteiger partial charge >= 0.3 is 0 Å². The van der Waals surface area contributed by atoms with Crippen molar-refractivity contribution in [3.8, 4) is 5.75 Å². The first kappa shape index (κ1) is 25.8. The highest BCUT2D eigenvalue weighted by molar-refractivity contribution is 6.55. The number of carbonyl (C=O) groups is 1. The summed E-state index contributed by atoms with van der Waals surface area (Å²) in [4.78, 5) is 12.7. The van der Waals surface area contributed by atoms with E-state index in [1.807, 2.05) is 18.2 Å². The lowest BCUT2D eigenvalue weighted by atomic mass is 10.0. The highest BCUT2D eigenvalue weighted by atomic mass is 35.5. The van der Waals surface area contributed by atoms with Crippen LogP contribution in [-0.4, -0.2) is 15.7 Å². The van der Waals surface area contributed by atoms with Gasteiger partial charge in [0.1, 0.15) is 22.4 Å². The summed E-state index contributed by atoms with van der Waals surface area (Å²) in [5.41, 5.74) is 1.12. The van der Waals surface area contributed by atoms with E-state index < -0.39 is 5.91 Å². The maximum atomic E-state index is 12.7. The van der Waals surface area contributed by atoms with Gasteiger partial charge < -0.3 is 14.5 Å². The minimum absolute atomic E-state index is 0.0182. The standard InChI is InChI=1S/C26H16Cl5N3O3/c27-20-21(28)23(30)25(24(31)22(20)29)36-13-16-8-9-18(37-16)26(35)32-19-10-11-34(33-19)12-15-6-3-5-14-4-1-2-7-17(14)15/h1-11H,12-13H2,(H,32,33,35). The molecule has 2 aromatic heterocycles. The lowest BCUT2D eigenvalue weighted by molar-refractivity contribution is 0.0992. The molecule has 0 aliphatic carbocycles. The first-order valence-electron chi connectivity index (χ1n) is 10.9. The normalized spacial score (nSPS) is 11.2. The molecule has 0 aliphatic heterocycles. The average Bonchev–Trinajstić information content (AvgIpc) is 3.56. The number of ether oxygens (including phenoxy) is 1. The van der Waals surface area contributed by atoms with Gasteiger partial charge in [0.15, 0.2) is 17.3 Å². The third-order valence-corrected chi connectivity index (χ3v) is 7.75. The molecule has 1 amide bonds. The number of fused-ring (bicyclic) bond motifs is 1. The molecule has 0 radical (unpaired) electrons. The molecule has 0 fully saturated rings. The summed E-state index contributed by atoms with van der Waals surface area (Å²) < 4.78 is 13.0. The number of aromatic nitrogens is 2. The van der Waals surface area contributed by atoms with E-state index in [2.05, 4.69) is 34.7 Å². The fourth-order valence-electron chi connectivity index (χ4n) is 3.73. The summed E-state index contributed by atoms with van der Waals surface area (Å²) in [5, 5.41) is 9.61. The van der Waals surface area contributed by atoms with Gasteiger partial charge in [0.2, 0.25) is 0 Å². The van der Waals surface area contributed by atoms with Crippen LogP contribution in [0.15, 0.2) is 71.3 Å². The Morgan fingerprint density at radius 3 is 2.35 bits per heavy atom. The van der Waals surface area contributed by atoms with Crippen LogP contribution in [0.2, 0.25) is 25.1 Å². The fraction of sp³-hybridized carbons (Fsp3) is 0.0769. The quantitative estimate of drug-likeness (QED) is 0.151. The van der Waals surface area contributed by atoms with Crippen LogP contribution in [-0.2, 0) is 13.2 Å². The molecule has 0 unspecified atom stereocenters. The van der Waals surface area contributed by atoms with E-state index in [1.165, 1.54) is 6.07 Å².